The molecule has 1 aliphatic heterocycles. The van der Waals surface area contributed by atoms with Gasteiger partial charge in [-0.25, -0.2) is 4.79 Å². The van der Waals surface area contributed by atoms with Crippen molar-refractivity contribution in [3.8, 4) is 5.75 Å². The summed E-state index contributed by atoms with van der Waals surface area (Å²) in [6, 6.07) is 15.1. The van der Waals surface area contributed by atoms with Gasteiger partial charge in [0.15, 0.2) is 5.17 Å². The summed E-state index contributed by atoms with van der Waals surface area (Å²) in [5, 5.41) is 22.0. The van der Waals surface area contributed by atoms with E-state index in [0.717, 1.165) is 28.6 Å². The highest BCUT2D eigenvalue weighted by Gasteiger charge is 2.33. The maximum atomic E-state index is 12.4. The molecule has 1 heterocycles. The van der Waals surface area contributed by atoms with E-state index >= 15 is 0 Å². The number of ether oxygens (including phenoxy) is 1. The minimum absolute atomic E-state index is 0.151. The quantitative estimate of drug-likeness (QED) is 0.392. The summed E-state index contributed by atoms with van der Waals surface area (Å²) in [6.07, 6.45) is 1.51. The molecule has 2 amide bonds. The van der Waals surface area contributed by atoms with Crippen molar-refractivity contribution in [2.45, 2.75) is 24.1 Å². The van der Waals surface area contributed by atoms with Gasteiger partial charge in [-0.2, -0.15) is 5.10 Å². The number of hydrogen-bond donors (Lipinski definition) is 3. The molecule has 0 spiro atoms. The summed E-state index contributed by atoms with van der Waals surface area (Å²) in [5.41, 5.74) is 1.59. The summed E-state index contributed by atoms with van der Waals surface area (Å²) in [4.78, 5) is 36.0. The predicted octanol–water partition coefficient (Wildman–Crippen LogP) is 1.82. The first-order chi connectivity index (χ1) is 15.4. The number of benzene rings is 2. The summed E-state index contributed by atoms with van der Waals surface area (Å²) in [7, 11) is 1.58. The molecule has 9 nitrogen and oxygen atoms in total. The minimum Gasteiger partial charge on any atom is -0.497 e. The number of carboxylic acids is 1. The molecule has 1 fully saturated rings. The Hall–Kier alpha value is -3.66. The van der Waals surface area contributed by atoms with Crippen LogP contribution in [0.3, 0.4) is 0 Å². The van der Waals surface area contributed by atoms with Crippen LogP contribution in [-0.4, -0.2) is 52.7 Å². The zero-order valence-electron chi connectivity index (χ0n) is 17.2. The SMILES string of the molecule is COc1ccc(/C=N\N=C2NC(=O)[C@@H](CC(=O)N[C@H](Cc3ccccc3)C(=O)O)S2)cc1. The first kappa shape index (κ1) is 23.0. The number of thioether (sulfide) groups is 1. The van der Waals surface area contributed by atoms with Gasteiger partial charge in [0.05, 0.1) is 13.3 Å². The Kier molecular flexibility index (Phi) is 7.98. The van der Waals surface area contributed by atoms with E-state index in [1.807, 2.05) is 18.2 Å². The van der Waals surface area contributed by atoms with Crippen LogP contribution in [0.15, 0.2) is 64.8 Å². The van der Waals surface area contributed by atoms with Gasteiger partial charge in [0.1, 0.15) is 17.0 Å². The van der Waals surface area contributed by atoms with Crippen LogP contribution >= 0.6 is 11.8 Å². The zero-order valence-corrected chi connectivity index (χ0v) is 18.0. The monoisotopic (exact) mass is 454 g/mol. The van der Waals surface area contributed by atoms with Crippen molar-refractivity contribution in [3.63, 3.8) is 0 Å². The van der Waals surface area contributed by atoms with Crippen molar-refractivity contribution < 1.29 is 24.2 Å². The van der Waals surface area contributed by atoms with Gasteiger partial charge in [-0.3, -0.25) is 9.59 Å². The maximum Gasteiger partial charge on any atom is 0.326 e. The van der Waals surface area contributed by atoms with Crippen molar-refractivity contribution >= 4 is 40.9 Å². The van der Waals surface area contributed by atoms with E-state index in [0.29, 0.717) is 0 Å². The molecule has 3 N–H and O–H groups in total. The van der Waals surface area contributed by atoms with Crippen molar-refractivity contribution in [3.05, 3.63) is 65.7 Å². The Morgan fingerprint density at radius 1 is 1.22 bits per heavy atom. The summed E-state index contributed by atoms with van der Waals surface area (Å²) in [5.74, 6) is -1.31. The molecular weight excluding hydrogens is 432 g/mol. The number of carboxylic acid groups (broad SMARTS) is 1. The second kappa shape index (κ2) is 11.1. The summed E-state index contributed by atoms with van der Waals surface area (Å²) in [6.45, 7) is 0. The van der Waals surface area contributed by atoms with Gasteiger partial charge in [0.25, 0.3) is 0 Å². The number of nitrogens with one attached hydrogen (secondary N) is 2. The molecule has 2 atom stereocenters. The molecular formula is C22H22N4O5S. The number of hydrogen-bond acceptors (Lipinski definition) is 7. The predicted molar refractivity (Wildman–Crippen MR) is 122 cm³/mol. The first-order valence-corrected chi connectivity index (χ1v) is 10.6. The van der Waals surface area contributed by atoms with Gasteiger partial charge in [-0.1, -0.05) is 42.1 Å². The summed E-state index contributed by atoms with van der Waals surface area (Å²) >= 11 is 1.08. The fourth-order valence-corrected chi connectivity index (χ4v) is 3.82. The molecule has 0 aromatic heterocycles. The van der Waals surface area contributed by atoms with E-state index in [9.17, 15) is 19.5 Å². The standard InChI is InChI=1S/C22H22N4O5S/c1-31-16-9-7-15(8-10-16)13-23-26-22-25-20(28)18(32-22)12-19(27)24-17(21(29)30)11-14-5-3-2-4-6-14/h2-10,13,17-18H,11-12H2,1H3,(H,24,27)(H,29,30)(H,25,26,28)/b23-13-/t17-,18-/m1/s1. The number of amides is 2. The first-order valence-electron chi connectivity index (χ1n) is 9.73. The van der Waals surface area contributed by atoms with Crippen LogP contribution < -0.4 is 15.4 Å². The Labute approximate surface area is 189 Å². The van der Waals surface area contributed by atoms with Crippen LogP contribution in [0.5, 0.6) is 5.75 Å². The fourth-order valence-electron chi connectivity index (χ4n) is 2.90. The molecule has 1 saturated heterocycles. The molecule has 1 aliphatic rings. The van der Waals surface area contributed by atoms with E-state index in [1.165, 1.54) is 6.21 Å². The third-order valence-corrected chi connectivity index (χ3v) is 5.61. The molecule has 3 rings (SSSR count). The Morgan fingerprint density at radius 3 is 2.59 bits per heavy atom. The van der Waals surface area contributed by atoms with Gasteiger partial charge >= 0.3 is 5.97 Å². The van der Waals surface area contributed by atoms with Crippen molar-refractivity contribution in [1.29, 1.82) is 0 Å². The third-order valence-electron chi connectivity index (χ3n) is 4.53. The Balaban J connectivity index is 1.53. The lowest BCUT2D eigenvalue weighted by Gasteiger charge is -2.15. The second-order valence-electron chi connectivity index (χ2n) is 6.87. The number of carbonyl (C=O) groups is 3. The van der Waals surface area contributed by atoms with E-state index in [1.54, 1.807) is 43.5 Å². The lowest BCUT2D eigenvalue weighted by Crippen LogP contribution is -2.43. The molecule has 0 aliphatic carbocycles. The van der Waals surface area contributed by atoms with Crippen LogP contribution in [0.25, 0.3) is 0 Å². The molecule has 2 aromatic rings. The van der Waals surface area contributed by atoms with Gasteiger partial charge in [0.2, 0.25) is 11.8 Å². The van der Waals surface area contributed by atoms with Crippen LogP contribution in [0.1, 0.15) is 17.5 Å². The number of carbonyl (C=O) groups excluding carboxylic acids is 2. The number of amidine groups is 1. The highest BCUT2D eigenvalue weighted by Crippen LogP contribution is 2.22. The van der Waals surface area contributed by atoms with E-state index in [-0.39, 0.29) is 23.9 Å². The molecule has 0 radical (unpaired) electrons. The van der Waals surface area contributed by atoms with Crippen LogP contribution in [0.2, 0.25) is 0 Å². The highest BCUT2D eigenvalue weighted by atomic mass is 32.2. The lowest BCUT2D eigenvalue weighted by atomic mass is 10.1. The minimum atomic E-state index is -1.14. The highest BCUT2D eigenvalue weighted by molar-refractivity contribution is 8.15. The second-order valence-corrected chi connectivity index (χ2v) is 8.06. The number of rotatable bonds is 9. The number of methoxy groups -OCH3 is 1. The normalized spacial score (nSPS) is 17.8. The van der Waals surface area contributed by atoms with E-state index in [4.69, 9.17) is 4.74 Å². The molecule has 166 valence electrons. The van der Waals surface area contributed by atoms with Crippen LogP contribution in [0, 0.1) is 0 Å². The number of nitrogens with zero attached hydrogens (tertiary/aromatic N) is 2. The van der Waals surface area contributed by atoms with Crippen LogP contribution in [-0.2, 0) is 20.8 Å². The van der Waals surface area contributed by atoms with E-state index in [2.05, 4.69) is 20.8 Å². The largest absolute Gasteiger partial charge is 0.497 e. The molecule has 32 heavy (non-hydrogen) atoms. The summed E-state index contributed by atoms with van der Waals surface area (Å²) < 4.78 is 5.09. The molecule has 2 aromatic carbocycles. The van der Waals surface area contributed by atoms with Crippen LogP contribution in [0.4, 0.5) is 0 Å². The average Bonchev–Trinajstić information content (AvgIpc) is 3.13. The Morgan fingerprint density at radius 2 is 1.94 bits per heavy atom. The van der Waals surface area contributed by atoms with Gasteiger partial charge in [-0.05, 0) is 35.4 Å². The van der Waals surface area contributed by atoms with Gasteiger partial charge in [0, 0.05) is 12.8 Å². The van der Waals surface area contributed by atoms with Crippen molar-refractivity contribution in [2.75, 3.05) is 7.11 Å². The topological polar surface area (TPSA) is 129 Å². The fraction of sp³-hybridized carbons (Fsp3) is 0.227. The van der Waals surface area contributed by atoms with Gasteiger partial charge in [-0.15, -0.1) is 5.10 Å². The number of aliphatic carboxylic acids is 1. The van der Waals surface area contributed by atoms with Crippen molar-refractivity contribution in [2.24, 2.45) is 10.2 Å². The average molecular weight is 455 g/mol. The maximum absolute atomic E-state index is 12.4. The third kappa shape index (κ3) is 6.67. The molecule has 10 heteroatoms. The smallest absolute Gasteiger partial charge is 0.326 e. The van der Waals surface area contributed by atoms with Gasteiger partial charge < -0.3 is 20.5 Å². The Bertz CT molecular complexity index is 1020. The van der Waals surface area contributed by atoms with Crippen molar-refractivity contribution in [1.82, 2.24) is 10.6 Å². The molecule has 0 unspecified atom stereocenters. The molecule has 0 bridgehead atoms. The van der Waals surface area contributed by atoms with E-state index < -0.39 is 23.2 Å². The lowest BCUT2D eigenvalue weighted by molar-refractivity contribution is -0.141. The molecule has 0 saturated carbocycles. The zero-order chi connectivity index (χ0) is 22.9.